The van der Waals surface area contributed by atoms with Crippen LogP contribution in [0.1, 0.15) is 82.2 Å². The molecule has 1 saturated carbocycles. The van der Waals surface area contributed by atoms with Gasteiger partial charge in [-0.25, -0.2) is 0 Å². The van der Waals surface area contributed by atoms with Crippen LogP contribution in [0.3, 0.4) is 0 Å². The zero-order valence-electron chi connectivity index (χ0n) is 21.1. The molecule has 1 unspecified atom stereocenters. The number of hydrogen-bond donors (Lipinski definition) is 0. The molecule has 0 aliphatic heterocycles. The van der Waals surface area contributed by atoms with Crippen molar-refractivity contribution in [1.29, 1.82) is 0 Å². The van der Waals surface area contributed by atoms with Crippen molar-refractivity contribution in [2.24, 2.45) is 0 Å². The number of carbonyl (C=O) groups is 1. The number of aromatic nitrogens is 2. The van der Waals surface area contributed by atoms with Crippen molar-refractivity contribution in [3.05, 3.63) is 36.0 Å². The van der Waals surface area contributed by atoms with Crippen LogP contribution in [-0.4, -0.2) is 41.3 Å². The minimum atomic E-state index is -1.79. The molecule has 182 valence electrons. The van der Waals surface area contributed by atoms with Gasteiger partial charge in [-0.15, -0.1) is 0 Å². The monoisotopic (exact) mass is 488 g/mol. The van der Waals surface area contributed by atoms with E-state index in [9.17, 15) is 9.35 Å². The van der Waals surface area contributed by atoms with Crippen LogP contribution in [0.5, 0.6) is 0 Å². The first kappa shape index (κ1) is 26.2. The number of hydrogen-bond acceptors (Lipinski definition) is 4. The normalized spacial score (nSPS) is 16.7. The zero-order chi connectivity index (χ0) is 24.2. The average molecular weight is 489 g/mol. The summed E-state index contributed by atoms with van der Waals surface area (Å²) in [4.78, 5) is 13.8. The van der Waals surface area contributed by atoms with Gasteiger partial charge in [0, 0.05) is 18.6 Å². The average Bonchev–Trinajstić information content (AvgIpc) is 3.22. The van der Waals surface area contributed by atoms with Gasteiger partial charge < -0.3 is 8.98 Å². The molecule has 1 aliphatic rings. The van der Waals surface area contributed by atoms with Crippen LogP contribution in [0.4, 0.5) is 0 Å². The molecule has 1 aromatic heterocycles. The first-order chi connectivity index (χ1) is 15.5. The topological polar surface area (TPSA) is 67.2 Å². The molecule has 1 aliphatic carbocycles. The van der Waals surface area contributed by atoms with Gasteiger partial charge in [0.05, 0.1) is 11.7 Å². The second kappa shape index (κ2) is 10.9. The first-order valence-corrected chi connectivity index (χ1v) is 16.7. The summed E-state index contributed by atoms with van der Waals surface area (Å²) in [6.07, 6.45) is 8.71. The van der Waals surface area contributed by atoms with Crippen LogP contribution >= 0.6 is 0 Å². The Labute approximate surface area is 203 Å². The Morgan fingerprint density at radius 1 is 1.18 bits per heavy atom. The summed E-state index contributed by atoms with van der Waals surface area (Å²) in [5, 5.41) is 4.98. The smallest absolute Gasteiger partial charge is 0.191 e. The predicted octanol–water partition coefficient (Wildman–Crippen LogP) is 6.78. The van der Waals surface area contributed by atoms with Gasteiger partial charge >= 0.3 is 0 Å². The Morgan fingerprint density at radius 2 is 1.82 bits per heavy atom. The van der Waals surface area contributed by atoms with Crippen LogP contribution in [0, 0.1) is 0 Å². The Hall–Kier alpha value is -1.41. The molecule has 33 heavy (non-hydrogen) atoms. The maximum atomic E-state index is 13.0. The number of carbonyl (C=O) groups excluding carboxylic acids is 1. The van der Waals surface area contributed by atoms with Crippen molar-refractivity contribution in [3.8, 4) is 11.3 Å². The summed E-state index contributed by atoms with van der Waals surface area (Å²) in [6, 6.07) is 10.1. The minimum Gasteiger partial charge on any atom is -0.612 e. The van der Waals surface area contributed by atoms with Gasteiger partial charge in [0.1, 0.15) is 11.9 Å². The van der Waals surface area contributed by atoms with Crippen molar-refractivity contribution in [2.45, 2.75) is 94.8 Å². The molecule has 7 heteroatoms. The third-order valence-corrected chi connectivity index (χ3v) is 12.7. The molecule has 1 atom stereocenters. The van der Waals surface area contributed by atoms with E-state index in [1.807, 2.05) is 30.3 Å². The molecule has 3 rings (SSSR count). The molecule has 1 heterocycles. The van der Waals surface area contributed by atoms with E-state index < -0.39 is 19.5 Å². The number of nitrogens with zero attached hydrogens (tertiary/aromatic N) is 2. The molecule has 0 saturated heterocycles. The number of rotatable bonds is 9. The van der Waals surface area contributed by atoms with E-state index in [1.165, 1.54) is 19.3 Å². The summed E-state index contributed by atoms with van der Waals surface area (Å²) >= 11 is -1.01. The highest BCUT2D eigenvalue weighted by atomic mass is 32.2. The Balaban J connectivity index is 1.74. The Bertz CT molecular complexity index is 926. The molecule has 1 fully saturated rings. The second-order valence-electron chi connectivity index (χ2n) is 10.8. The lowest BCUT2D eigenvalue weighted by molar-refractivity contribution is 0.0966. The fourth-order valence-electron chi connectivity index (χ4n) is 4.07. The highest BCUT2D eigenvalue weighted by Crippen LogP contribution is 2.37. The largest absolute Gasteiger partial charge is 0.612 e. The van der Waals surface area contributed by atoms with Gasteiger partial charge in [0.2, 0.25) is 0 Å². The van der Waals surface area contributed by atoms with Crippen LogP contribution in [0.2, 0.25) is 18.1 Å². The van der Waals surface area contributed by atoms with E-state index in [-0.39, 0.29) is 10.8 Å². The number of benzene rings is 1. The first-order valence-electron chi connectivity index (χ1n) is 12.2. The molecule has 5 nitrogen and oxygen atoms in total. The summed E-state index contributed by atoms with van der Waals surface area (Å²) in [5.41, 5.74) is 2.55. The third kappa shape index (κ3) is 6.59. The van der Waals surface area contributed by atoms with E-state index in [4.69, 9.17) is 9.52 Å². The van der Waals surface area contributed by atoms with Gasteiger partial charge in [-0.1, -0.05) is 40.0 Å². The number of ketones is 1. The SMILES string of the molecule is C[S+]([O-])c1ccc(-c2cc(C(=O)CCCO[Si](C)(C)C(C)(C)C)nn2C2CCCCC2)cc1. The zero-order valence-corrected chi connectivity index (χ0v) is 23.0. The standard InChI is InChI=1S/C26H40N2O3SSi/c1-26(2,3)33(5,6)31-18-10-13-25(29)23-19-24(20-14-16-22(17-15-20)32(4)30)28(27-23)21-11-8-7-9-12-21/h14-17,19,21H,7-13,18H2,1-6H3. The van der Waals surface area contributed by atoms with E-state index in [0.717, 1.165) is 29.0 Å². The van der Waals surface area contributed by atoms with Gasteiger partial charge in [0.25, 0.3) is 0 Å². The molecule has 0 spiro atoms. The molecular formula is C26H40N2O3SSi. The summed E-state index contributed by atoms with van der Waals surface area (Å²) in [5.74, 6) is 0.0796. The van der Waals surface area contributed by atoms with Crippen molar-refractivity contribution in [1.82, 2.24) is 9.78 Å². The van der Waals surface area contributed by atoms with E-state index in [2.05, 4.69) is 38.5 Å². The van der Waals surface area contributed by atoms with Crippen LogP contribution in [-0.2, 0) is 15.6 Å². The summed E-state index contributed by atoms with van der Waals surface area (Å²) < 4.78 is 20.1. The molecule has 0 N–H and O–H groups in total. The molecule has 1 aromatic carbocycles. The van der Waals surface area contributed by atoms with Crippen molar-refractivity contribution in [3.63, 3.8) is 0 Å². The summed E-state index contributed by atoms with van der Waals surface area (Å²) in [6.45, 7) is 11.8. The quantitative estimate of drug-likeness (QED) is 0.169. The predicted molar refractivity (Wildman–Crippen MR) is 139 cm³/mol. The molecule has 0 amide bonds. The van der Waals surface area contributed by atoms with Crippen LogP contribution in [0.25, 0.3) is 11.3 Å². The van der Waals surface area contributed by atoms with Gasteiger partial charge in [-0.05, 0) is 78.9 Å². The second-order valence-corrected chi connectivity index (χ2v) is 17.0. The Kier molecular flexibility index (Phi) is 8.64. The van der Waals surface area contributed by atoms with Gasteiger partial charge in [-0.3, -0.25) is 9.48 Å². The van der Waals surface area contributed by atoms with Crippen molar-refractivity contribution in [2.75, 3.05) is 12.9 Å². The molecule has 0 bridgehead atoms. The fourth-order valence-corrected chi connectivity index (χ4v) is 5.68. The van der Waals surface area contributed by atoms with E-state index >= 15 is 0 Å². The Morgan fingerprint density at radius 3 is 2.39 bits per heavy atom. The van der Waals surface area contributed by atoms with Gasteiger partial charge in [0.15, 0.2) is 19.0 Å². The molecular weight excluding hydrogens is 448 g/mol. The lowest BCUT2D eigenvalue weighted by atomic mass is 9.95. The van der Waals surface area contributed by atoms with E-state index in [0.29, 0.717) is 31.2 Å². The molecule has 2 aromatic rings. The van der Waals surface area contributed by atoms with E-state index in [1.54, 1.807) is 6.26 Å². The van der Waals surface area contributed by atoms with Gasteiger partial charge in [-0.2, -0.15) is 5.10 Å². The maximum absolute atomic E-state index is 13.0. The number of Topliss-reactive ketones (excluding diaryl/α,β-unsaturated/α-hetero) is 1. The van der Waals surface area contributed by atoms with Crippen LogP contribution < -0.4 is 0 Å². The third-order valence-electron chi connectivity index (χ3n) is 7.24. The highest BCUT2D eigenvalue weighted by Gasteiger charge is 2.36. The van der Waals surface area contributed by atoms with Crippen molar-refractivity contribution >= 4 is 25.3 Å². The van der Waals surface area contributed by atoms with Crippen molar-refractivity contribution < 1.29 is 13.8 Å². The molecule has 0 radical (unpaired) electrons. The lowest BCUT2D eigenvalue weighted by Crippen LogP contribution is -2.41. The lowest BCUT2D eigenvalue weighted by Gasteiger charge is -2.36. The van der Waals surface area contributed by atoms with Crippen LogP contribution in [0.15, 0.2) is 35.2 Å². The fraction of sp³-hybridized carbons (Fsp3) is 0.615. The highest BCUT2D eigenvalue weighted by molar-refractivity contribution is 7.90. The maximum Gasteiger partial charge on any atom is 0.191 e. The minimum absolute atomic E-state index is 0.0796. The summed E-state index contributed by atoms with van der Waals surface area (Å²) in [7, 11) is -1.79.